The molecule has 3 unspecified atom stereocenters. The van der Waals surface area contributed by atoms with Crippen molar-refractivity contribution in [1.29, 1.82) is 0 Å². The lowest BCUT2D eigenvalue weighted by molar-refractivity contribution is -0.151. The van der Waals surface area contributed by atoms with Crippen molar-refractivity contribution in [3.05, 3.63) is 0 Å². The number of carbonyl (C=O) groups is 1. The summed E-state index contributed by atoms with van der Waals surface area (Å²) in [7, 11) is 2.00. The van der Waals surface area contributed by atoms with Crippen LogP contribution in [0.5, 0.6) is 0 Å². The molecule has 2 rings (SSSR count). The number of hydrogen-bond acceptors (Lipinski definition) is 3. The summed E-state index contributed by atoms with van der Waals surface area (Å²) in [5, 5.41) is 3.25. The topological polar surface area (TPSA) is 41.6 Å². The first kappa shape index (κ1) is 17.7. The van der Waals surface area contributed by atoms with Gasteiger partial charge in [0.25, 0.3) is 5.91 Å². The normalized spacial score (nSPS) is 28.6. The lowest BCUT2D eigenvalue weighted by atomic mass is 9.88. The number of amides is 1. The van der Waals surface area contributed by atoms with E-state index in [2.05, 4.69) is 19.2 Å². The fourth-order valence-corrected chi connectivity index (χ4v) is 3.91. The monoisotopic (exact) mass is 310 g/mol. The van der Waals surface area contributed by atoms with Crippen molar-refractivity contribution in [2.45, 2.75) is 71.0 Å². The van der Waals surface area contributed by atoms with Crippen molar-refractivity contribution in [2.75, 3.05) is 26.7 Å². The molecule has 1 heterocycles. The van der Waals surface area contributed by atoms with Gasteiger partial charge in [-0.3, -0.25) is 4.79 Å². The average molecular weight is 310 g/mol. The Labute approximate surface area is 136 Å². The summed E-state index contributed by atoms with van der Waals surface area (Å²) in [4.78, 5) is 14.8. The Bertz CT molecular complexity index is 340. The van der Waals surface area contributed by atoms with E-state index in [9.17, 15) is 4.79 Å². The van der Waals surface area contributed by atoms with Crippen LogP contribution < -0.4 is 5.32 Å². The number of hydrogen-bond donors (Lipinski definition) is 1. The van der Waals surface area contributed by atoms with E-state index in [0.29, 0.717) is 12.0 Å². The molecule has 2 aliphatic rings. The molecule has 4 heteroatoms. The molecule has 1 aliphatic carbocycles. The van der Waals surface area contributed by atoms with Crippen molar-refractivity contribution in [3.8, 4) is 0 Å². The van der Waals surface area contributed by atoms with Crippen molar-refractivity contribution >= 4 is 5.91 Å². The van der Waals surface area contributed by atoms with Gasteiger partial charge in [0, 0.05) is 13.1 Å². The average Bonchev–Trinajstić information content (AvgIpc) is 2.53. The zero-order valence-corrected chi connectivity index (χ0v) is 14.6. The van der Waals surface area contributed by atoms with Crippen molar-refractivity contribution < 1.29 is 9.53 Å². The van der Waals surface area contributed by atoms with E-state index >= 15 is 0 Å². The number of rotatable bonds is 6. The van der Waals surface area contributed by atoms with E-state index in [0.717, 1.165) is 57.7 Å². The fraction of sp³-hybridized carbons (Fsp3) is 0.944. The van der Waals surface area contributed by atoms with Crippen LogP contribution in [0.2, 0.25) is 0 Å². The summed E-state index contributed by atoms with van der Waals surface area (Å²) in [6.07, 6.45) is 7.88. The minimum atomic E-state index is -0.226. The van der Waals surface area contributed by atoms with Crippen LogP contribution in [0.3, 0.4) is 0 Å². The standard InChI is InChI=1S/C18H34N2O2/c1-4-17(22-16-7-5-6-14(2)12-16)18(21)20-10-8-15(9-11-20)13-19-3/h14-17,19H,4-13H2,1-3H3. The summed E-state index contributed by atoms with van der Waals surface area (Å²) in [6, 6.07) is 0. The maximum absolute atomic E-state index is 12.7. The Morgan fingerprint density at radius 2 is 2.00 bits per heavy atom. The molecule has 22 heavy (non-hydrogen) atoms. The molecule has 2 fully saturated rings. The number of piperidine rings is 1. The minimum absolute atomic E-state index is 0.226. The van der Waals surface area contributed by atoms with E-state index < -0.39 is 0 Å². The molecule has 1 saturated heterocycles. The highest BCUT2D eigenvalue weighted by Gasteiger charge is 2.30. The molecule has 128 valence electrons. The van der Waals surface area contributed by atoms with Crippen LogP contribution in [0.25, 0.3) is 0 Å². The number of likely N-dealkylation sites (tertiary alicyclic amines) is 1. The lowest BCUT2D eigenvalue weighted by Gasteiger charge is -2.36. The van der Waals surface area contributed by atoms with Crippen LogP contribution in [-0.2, 0) is 9.53 Å². The Morgan fingerprint density at radius 3 is 2.59 bits per heavy atom. The van der Waals surface area contributed by atoms with Crippen molar-refractivity contribution in [3.63, 3.8) is 0 Å². The first-order valence-corrected chi connectivity index (χ1v) is 9.22. The summed E-state index contributed by atoms with van der Waals surface area (Å²) in [6.45, 7) is 7.22. The molecule has 1 saturated carbocycles. The number of nitrogens with zero attached hydrogens (tertiary/aromatic N) is 1. The third-order valence-corrected chi connectivity index (χ3v) is 5.31. The Hall–Kier alpha value is -0.610. The third-order valence-electron chi connectivity index (χ3n) is 5.31. The smallest absolute Gasteiger partial charge is 0.251 e. The molecule has 0 aromatic carbocycles. The van der Waals surface area contributed by atoms with Crippen molar-refractivity contribution in [1.82, 2.24) is 10.2 Å². The predicted octanol–water partition coefficient (Wildman–Crippen LogP) is 2.82. The second kappa shape index (κ2) is 8.88. The van der Waals surface area contributed by atoms with E-state index in [1.165, 1.54) is 12.8 Å². The van der Waals surface area contributed by atoms with Crippen LogP contribution in [0, 0.1) is 11.8 Å². The van der Waals surface area contributed by atoms with E-state index in [1.807, 2.05) is 11.9 Å². The maximum Gasteiger partial charge on any atom is 0.251 e. The molecule has 1 N–H and O–H groups in total. The SMILES string of the molecule is CCC(OC1CCCC(C)C1)C(=O)N1CCC(CNC)CC1. The van der Waals surface area contributed by atoms with Gasteiger partial charge in [-0.2, -0.15) is 0 Å². The predicted molar refractivity (Wildman–Crippen MR) is 89.8 cm³/mol. The summed E-state index contributed by atoms with van der Waals surface area (Å²) >= 11 is 0. The summed E-state index contributed by atoms with van der Waals surface area (Å²) in [5.41, 5.74) is 0. The second-order valence-corrected chi connectivity index (χ2v) is 7.25. The summed E-state index contributed by atoms with van der Waals surface area (Å²) in [5.74, 6) is 1.68. The van der Waals surface area contributed by atoms with Gasteiger partial charge in [0.1, 0.15) is 6.10 Å². The highest BCUT2D eigenvalue weighted by molar-refractivity contribution is 5.81. The van der Waals surface area contributed by atoms with Gasteiger partial charge in [-0.1, -0.05) is 26.7 Å². The Morgan fingerprint density at radius 1 is 1.27 bits per heavy atom. The zero-order valence-electron chi connectivity index (χ0n) is 14.6. The van der Waals surface area contributed by atoms with Crippen molar-refractivity contribution in [2.24, 2.45) is 11.8 Å². The molecular formula is C18H34N2O2. The van der Waals surface area contributed by atoms with Gasteiger partial charge >= 0.3 is 0 Å². The van der Waals surface area contributed by atoms with Crippen LogP contribution in [-0.4, -0.2) is 49.7 Å². The second-order valence-electron chi connectivity index (χ2n) is 7.25. The first-order chi connectivity index (χ1) is 10.6. The lowest BCUT2D eigenvalue weighted by Crippen LogP contribution is -2.46. The molecule has 1 amide bonds. The fourth-order valence-electron chi connectivity index (χ4n) is 3.91. The van der Waals surface area contributed by atoms with Crippen LogP contribution >= 0.6 is 0 Å². The Balaban J connectivity index is 1.81. The largest absolute Gasteiger partial charge is 0.365 e. The van der Waals surface area contributed by atoms with Crippen LogP contribution in [0.1, 0.15) is 58.8 Å². The highest BCUT2D eigenvalue weighted by atomic mass is 16.5. The molecule has 4 nitrogen and oxygen atoms in total. The molecule has 0 aromatic heterocycles. The van der Waals surface area contributed by atoms with Gasteiger partial charge in [0.05, 0.1) is 6.10 Å². The first-order valence-electron chi connectivity index (χ1n) is 9.22. The van der Waals surface area contributed by atoms with Crippen LogP contribution in [0.15, 0.2) is 0 Å². The zero-order chi connectivity index (χ0) is 15.9. The van der Waals surface area contributed by atoms with E-state index in [-0.39, 0.29) is 12.0 Å². The van der Waals surface area contributed by atoms with Crippen LogP contribution in [0.4, 0.5) is 0 Å². The van der Waals surface area contributed by atoms with Gasteiger partial charge in [-0.15, -0.1) is 0 Å². The number of nitrogens with one attached hydrogen (secondary N) is 1. The Kier molecular flexibility index (Phi) is 7.16. The molecule has 0 bridgehead atoms. The minimum Gasteiger partial charge on any atom is -0.365 e. The molecule has 1 aliphatic heterocycles. The molecule has 0 aromatic rings. The molecule has 3 atom stereocenters. The van der Waals surface area contributed by atoms with Gasteiger partial charge in [0.2, 0.25) is 0 Å². The molecular weight excluding hydrogens is 276 g/mol. The van der Waals surface area contributed by atoms with E-state index in [4.69, 9.17) is 4.74 Å². The third kappa shape index (κ3) is 4.95. The van der Waals surface area contributed by atoms with Gasteiger partial charge in [-0.05, 0) is 57.5 Å². The number of ether oxygens (including phenoxy) is 1. The molecule has 0 spiro atoms. The summed E-state index contributed by atoms with van der Waals surface area (Å²) < 4.78 is 6.20. The quantitative estimate of drug-likeness (QED) is 0.820. The number of carbonyl (C=O) groups excluding carboxylic acids is 1. The van der Waals surface area contributed by atoms with E-state index in [1.54, 1.807) is 0 Å². The highest BCUT2D eigenvalue weighted by Crippen LogP contribution is 2.27. The molecule has 0 radical (unpaired) electrons. The van der Waals surface area contributed by atoms with Gasteiger partial charge in [0.15, 0.2) is 0 Å². The maximum atomic E-state index is 12.7. The van der Waals surface area contributed by atoms with Gasteiger partial charge in [-0.25, -0.2) is 0 Å². The van der Waals surface area contributed by atoms with Gasteiger partial charge < -0.3 is 15.0 Å².